The van der Waals surface area contributed by atoms with Gasteiger partial charge >= 0.3 is 0 Å². The summed E-state index contributed by atoms with van der Waals surface area (Å²) >= 11 is 0. The molecule has 0 unspecified atom stereocenters. The van der Waals surface area contributed by atoms with E-state index in [1.807, 2.05) is 13.8 Å². The van der Waals surface area contributed by atoms with Gasteiger partial charge in [-0.2, -0.15) is 0 Å². The van der Waals surface area contributed by atoms with E-state index in [1.165, 1.54) is 45.2 Å². The van der Waals surface area contributed by atoms with Crippen LogP contribution < -0.4 is 5.32 Å². The number of rotatable bonds is 3. The van der Waals surface area contributed by atoms with E-state index in [2.05, 4.69) is 32.1 Å². The van der Waals surface area contributed by atoms with E-state index in [9.17, 15) is 8.42 Å². The second-order valence-electron chi connectivity index (χ2n) is 9.48. The number of sulfone groups is 1. The Labute approximate surface area is 171 Å². The van der Waals surface area contributed by atoms with Crippen molar-refractivity contribution in [2.24, 2.45) is 4.99 Å². The van der Waals surface area contributed by atoms with Gasteiger partial charge in [-0.3, -0.25) is 9.89 Å². The largest absolute Gasteiger partial charge is 0.354 e. The molecule has 0 saturated carbocycles. The molecule has 0 bridgehead atoms. The van der Waals surface area contributed by atoms with Crippen LogP contribution in [0.3, 0.4) is 0 Å². The van der Waals surface area contributed by atoms with Crippen LogP contribution in [0.15, 0.2) is 4.99 Å². The lowest BCUT2D eigenvalue weighted by Gasteiger charge is -2.50. The maximum atomic E-state index is 12.4. The number of aliphatic imine (C=N–C) groups is 1. The number of nitrogens with one attached hydrogen (secondary N) is 1. The minimum Gasteiger partial charge on any atom is -0.354 e. The number of nitrogens with zero attached hydrogens (tertiary/aromatic N) is 4. The smallest absolute Gasteiger partial charge is 0.193 e. The first-order valence-electron chi connectivity index (χ1n) is 10.8. The highest BCUT2D eigenvalue weighted by Crippen LogP contribution is 2.31. The molecule has 0 spiro atoms. The SMILES string of the molecule is CN=C(NCC1(N2CCCCC2)CCN(C)CC1)N1CCS(=O)(=O)C(C)(C)C1. The summed E-state index contributed by atoms with van der Waals surface area (Å²) in [5.74, 6) is 1.04. The second-order valence-corrected chi connectivity index (χ2v) is 12.2. The molecule has 0 aromatic carbocycles. The van der Waals surface area contributed by atoms with E-state index < -0.39 is 14.6 Å². The van der Waals surface area contributed by atoms with Crippen LogP contribution in [0.1, 0.15) is 46.0 Å². The molecular weight excluding hydrogens is 374 g/mol. The van der Waals surface area contributed by atoms with Crippen LogP contribution in [-0.4, -0.2) is 105 Å². The van der Waals surface area contributed by atoms with E-state index in [4.69, 9.17) is 0 Å². The van der Waals surface area contributed by atoms with Gasteiger partial charge in [-0.1, -0.05) is 6.42 Å². The van der Waals surface area contributed by atoms with Crippen molar-refractivity contribution >= 4 is 15.8 Å². The number of hydrogen-bond acceptors (Lipinski definition) is 5. The van der Waals surface area contributed by atoms with E-state index in [0.717, 1.165) is 25.6 Å². The quantitative estimate of drug-likeness (QED) is 0.550. The van der Waals surface area contributed by atoms with Crippen molar-refractivity contribution in [3.05, 3.63) is 0 Å². The Bertz CT molecular complexity index is 662. The van der Waals surface area contributed by atoms with Crippen molar-refractivity contribution in [3.8, 4) is 0 Å². The first-order valence-corrected chi connectivity index (χ1v) is 12.5. The summed E-state index contributed by atoms with van der Waals surface area (Å²) in [6.07, 6.45) is 6.29. The van der Waals surface area contributed by atoms with Crippen LogP contribution in [0.4, 0.5) is 0 Å². The molecule has 0 aliphatic carbocycles. The van der Waals surface area contributed by atoms with Crippen LogP contribution >= 0.6 is 0 Å². The minimum absolute atomic E-state index is 0.181. The summed E-state index contributed by atoms with van der Waals surface area (Å²) in [5.41, 5.74) is 0.181. The predicted molar refractivity (Wildman–Crippen MR) is 116 cm³/mol. The Hall–Kier alpha value is -0.860. The van der Waals surface area contributed by atoms with Crippen molar-refractivity contribution in [2.45, 2.75) is 56.2 Å². The van der Waals surface area contributed by atoms with Gasteiger partial charge in [0.25, 0.3) is 0 Å². The second kappa shape index (κ2) is 8.48. The van der Waals surface area contributed by atoms with Crippen LogP contribution in [-0.2, 0) is 9.84 Å². The molecule has 3 saturated heterocycles. The molecule has 3 aliphatic heterocycles. The van der Waals surface area contributed by atoms with Gasteiger partial charge in [0.15, 0.2) is 15.8 Å². The molecule has 162 valence electrons. The molecule has 0 amide bonds. The third-order valence-corrected chi connectivity index (χ3v) is 9.61. The van der Waals surface area contributed by atoms with E-state index in [-0.39, 0.29) is 11.3 Å². The lowest BCUT2D eigenvalue weighted by molar-refractivity contribution is 0.0169. The Morgan fingerprint density at radius 3 is 2.25 bits per heavy atom. The van der Waals surface area contributed by atoms with E-state index >= 15 is 0 Å². The maximum Gasteiger partial charge on any atom is 0.193 e. The van der Waals surface area contributed by atoms with Gasteiger partial charge in [0.1, 0.15) is 0 Å². The molecule has 1 N–H and O–H groups in total. The van der Waals surface area contributed by atoms with Gasteiger partial charge in [0.05, 0.1) is 10.5 Å². The predicted octanol–water partition coefficient (Wildman–Crippen LogP) is 1.02. The molecule has 0 radical (unpaired) electrons. The van der Waals surface area contributed by atoms with Crippen molar-refractivity contribution in [3.63, 3.8) is 0 Å². The highest BCUT2D eigenvalue weighted by atomic mass is 32.2. The molecule has 0 aromatic heterocycles. The standard InChI is InChI=1S/C20H39N5O2S/c1-19(2)17-24(14-15-28(19,26)27)18(21-3)22-16-20(8-12-23(4)13-9-20)25-10-6-5-7-11-25/h5-17H2,1-4H3,(H,21,22). The Kier molecular flexibility index (Phi) is 6.61. The van der Waals surface area contributed by atoms with Crippen molar-refractivity contribution in [1.29, 1.82) is 0 Å². The summed E-state index contributed by atoms with van der Waals surface area (Å²) in [6.45, 7) is 10.2. The topological polar surface area (TPSA) is 68.2 Å². The monoisotopic (exact) mass is 413 g/mol. The Balaban J connectivity index is 1.69. The maximum absolute atomic E-state index is 12.4. The third kappa shape index (κ3) is 4.49. The normalized spacial score (nSPS) is 28.9. The zero-order valence-corrected chi connectivity index (χ0v) is 19.0. The van der Waals surface area contributed by atoms with Crippen molar-refractivity contribution in [2.75, 3.05) is 65.7 Å². The van der Waals surface area contributed by atoms with Gasteiger partial charge in [0, 0.05) is 32.2 Å². The van der Waals surface area contributed by atoms with Gasteiger partial charge in [-0.15, -0.1) is 0 Å². The highest BCUT2D eigenvalue weighted by molar-refractivity contribution is 7.92. The number of guanidine groups is 1. The molecule has 3 rings (SSSR count). The molecule has 0 atom stereocenters. The fraction of sp³-hybridized carbons (Fsp3) is 0.950. The number of hydrogen-bond donors (Lipinski definition) is 1. The zero-order valence-electron chi connectivity index (χ0n) is 18.2. The van der Waals surface area contributed by atoms with Crippen LogP contribution in [0.25, 0.3) is 0 Å². The summed E-state index contributed by atoms with van der Waals surface area (Å²) in [5, 5.41) is 3.65. The minimum atomic E-state index is -3.04. The molecule has 8 heteroatoms. The fourth-order valence-corrected chi connectivity index (χ4v) is 6.27. The van der Waals surface area contributed by atoms with Crippen molar-refractivity contribution < 1.29 is 8.42 Å². The van der Waals surface area contributed by atoms with Crippen LogP contribution in [0, 0.1) is 0 Å². The lowest BCUT2D eigenvalue weighted by Crippen LogP contribution is -2.63. The zero-order chi connectivity index (χ0) is 20.4. The third-order valence-electron chi connectivity index (χ3n) is 7.08. The highest BCUT2D eigenvalue weighted by Gasteiger charge is 2.43. The summed E-state index contributed by atoms with van der Waals surface area (Å²) in [4.78, 5) is 11.8. The van der Waals surface area contributed by atoms with Gasteiger partial charge < -0.3 is 15.1 Å². The molecule has 0 aromatic rings. The Morgan fingerprint density at radius 1 is 1.04 bits per heavy atom. The number of likely N-dealkylation sites (tertiary alicyclic amines) is 2. The first-order chi connectivity index (χ1) is 13.2. The molecule has 28 heavy (non-hydrogen) atoms. The van der Waals surface area contributed by atoms with E-state index in [1.54, 1.807) is 7.05 Å². The molecule has 3 aliphatic rings. The molecule has 3 heterocycles. The summed E-state index contributed by atoms with van der Waals surface area (Å²) < 4.78 is 24.0. The average molecular weight is 414 g/mol. The Morgan fingerprint density at radius 2 is 1.68 bits per heavy atom. The van der Waals surface area contributed by atoms with Gasteiger partial charge in [-0.05, 0) is 72.8 Å². The van der Waals surface area contributed by atoms with Gasteiger partial charge in [0.2, 0.25) is 0 Å². The summed E-state index contributed by atoms with van der Waals surface area (Å²) in [7, 11) is 0.973. The fourth-order valence-electron chi connectivity index (χ4n) is 4.91. The number of piperidine rings is 2. The van der Waals surface area contributed by atoms with Gasteiger partial charge in [-0.25, -0.2) is 8.42 Å². The summed E-state index contributed by atoms with van der Waals surface area (Å²) in [6, 6.07) is 0. The first kappa shape index (κ1) is 21.8. The molecule has 7 nitrogen and oxygen atoms in total. The van der Waals surface area contributed by atoms with E-state index in [0.29, 0.717) is 13.1 Å². The van der Waals surface area contributed by atoms with Crippen LogP contribution in [0.5, 0.6) is 0 Å². The lowest BCUT2D eigenvalue weighted by atomic mass is 9.84. The average Bonchev–Trinajstić information content (AvgIpc) is 2.67. The van der Waals surface area contributed by atoms with Crippen molar-refractivity contribution in [1.82, 2.24) is 20.0 Å². The molecule has 3 fully saturated rings. The molecular formula is C20H39N5O2S. The van der Waals surface area contributed by atoms with Crippen LogP contribution in [0.2, 0.25) is 0 Å².